The van der Waals surface area contributed by atoms with Gasteiger partial charge in [0.2, 0.25) is 0 Å². The van der Waals surface area contributed by atoms with Crippen molar-refractivity contribution in [2.24, 2.45) is 5.41 Å². The molecule has 7 heteroatoms. The molecule has 0 unspecified atom stereocenters. The fourth-order valence-electron chi connectivity index (χ4n) is 2.20. The Morgan fingerprint density at radius 2 is 1.72 bits per heavy atom. The molecule has 0 saturated heterocycles. The maximum atomic E-state index is 12.3. The molecule has 1 heterocycles. The van der Waals surface area contributed by atoms with E-state index in [2.05, 4.69) is 5.16 Å². The minimum Gasteiger partial charge on any atom is -0.469 e. The lowest BCUT2D eigenvalue weighted by molar-refractivity contribution is -0.150. The van der Waals surface area contributed by atoms with Gasteiger partial charge in [-0.1, -0.05) is 5.16 Å². The molecular formula is C18H30N2O5. The van der Waals surface area contributed by atoms with Crippen LogP contribution in [0.1, 0.15) is 59.9 Å². The van der Waals surface area contributed by atoms with Gasteiger partial charge in [-0.25, -0.2) is 4.79 Å². The van der Waals surface area contributed by atoms with Crippen LogP contribution in [-0.4, -0.2) is 41.9 Å². The lowest BCUT2D eigenvalue weighted by Crippen LogP contribution is -2.45. The number of esters is 1. The molecule has 0 aliphatic heterocycles. The number of hydrogen-bond acceptors (Lipinski definition) is 6. The minimum absolute atomic E-state index is 0.324. The van der Waals surface area contributed by atoms with Crippen molar-refractivity contribution in [1.29, 1.82) is 0 Å². The van der Waals surface area contributed by atoms with Gasteiger partial charge in [-0.3, -0.25) is 4.79 Å². The van der Waals surface area contributed by atoms with Crippen LogP contribution in [0.15, 0.2) is 10.6 Å². The summed E-state index contributed by atoms with van der Waals surface area (Å²) in [5, 5.41) is 4.08. The van der Waals surface area contributed by atoms with Gasteiger partial charge in [0, 0.05) is 19.5 Å². The number of rotatable bonds is 5. The van der Waals surface area contributed by atoms with E-state index in [0.717, 1.165) is 0 Å². The molecule has 0 atom stereocenters. The molecule has 0 fully saturated rings. The van der Waals surface area contributed by atoms with Crippen LogP contribution in [0, 0.1) is 5.41 Å². The van der Waals surface area contributed by atoms with Crippen molar-refractivity contribution in [2.75, 3.05) is 14.2 Å². The number of methoxy groups -OCH3 is 1. The van der Waals surface area contributed by atoms with Crippen LogP contribution in [0.25, 0.3) is 0 Å². The van der Waals surface area contributed by atoms with Crippen LogP contribution >= 0.6 is 0 Å². The normalized spacial score (nSPS) is 12.7. The van der Waals surface area contributed by atoms with Gasteiger partial charge in [-0.15, -0.1) is 0 Å². The smallest absolute Gasteiger partial charge is 0.410 e. The molecule has 0 radical (unpaired) electrons. The highest BCUT2D eigenvalue weighted by molar-refractivity contribution is 5.76. The number of aromatic nitrogens is 1. The number of ether oxygens (including phenoxy) is 2. The first kappa shape index (κ1) is 21.0. The van der Waals surface area contributed by atoms with Gasteiger partial charge in [0.05, 0.1) is 18.1 Å². The van der Waals surface area contributed by atoms with Crippen molar-refractivity contribution in [3.8, 4) is 0 Å². The van der Waals surface area contributed by atoms with Gasteiger partial charge < -0.3 is 18.9 Å². The van der Waals surface area contributed by atoms with Crippen LogP contribution in [-0.2, 0) is 26.2 Å². The quantitative estimate of drug-likeness (QED) is 0.753. The molecule has 1 aromatic heterocycles. The second-order valence-corrected chi connectivity index (χ2v) is 8.33. The van der Waals surface area contributed by atoms with Crippen molar-refractivity contribution in [2.45, 2.75) is 66.0 Å². The first-order valence-electron chi connectivity index (χ1n) is 8.22. The average Bonchev–Trinajstić information content (AvgIpc) is 2.92. The van der Waals surface area contributed by atoms with E-state index < -0.39 is 22.6 Å². The molecule has 7 nitrogen and oxygen atoms in total. The zero-order valence-electron chi connectivity index (χ0n) is 16.7. The maximum absolute atomic E-state index is 12.3. The highest BCUT2D eigenvalue weighted by atomic mass is 16.6. The third-order valence-corrected chi connectivity index (χ3v) is 4.05. The zero-order chi connectivity index (χ0) is 19.6. The van der Waals surface area contributed by atoms with Crippen LogP contribution < -0.4 is 0 Å². The van der Waals surface area contributed by atoms with E-state index in [9.17, 15) is 9.59 Å². The van der Waals surface area contributed by atoms with E-state index in [1.807, 2.05) is 34.6 Å². The van der Waals surface area contributed by atoms with Crippen LogP contribution in [0.3, 0.4) is 0 Å². The zero-order valence-corrected chi connectivity index (χ0v) is 16.7. The molecule has 1 amide bonds. The Bertz CT molecular complexity index is 626. The number of carbonyl (C=O) groups is 2. The monoisotopic (exact) mass is 354 g/mol. The van der Waals surface area contributed by atoms with Crippen molar-refractivity contribution in [3.05, 3.63) is 17.5 Å². The predicted molar refractivity (Wildman–Crippen MR) is 93.0 cm³/mol. The van der Waals surface area contributed by atoms with Crippen molar-refractivity contribution in [1.82, 2.24) is 10.1 Å². The highest BCUT2D eigenvalue weighted by Gasteiger charge is 2.37. The summed E-state index contributed by atoms with van der Waals surface area (Å²) >= 11 is 0. The summed E-state index contributed by atoms with van der Waals surface area (Å²) < 4.78 is 15.6. The number of carbonyl (C=O) groups excluding carboxylic acids is 2. The number of hydrogen-bond donors (Lipinski definition) is 0. The Labute approximate surface area is 149 Å². The largest absolute Gasteiger partial charge is 0.469 e. The molecular weight excluding hydrogens is 324 g/mol. The average molecular weight is 354 g/mol. The topological polar surface area (TPSA) is 81.9 Å². The second kappa shape index (κ2) is 7.06. The molecule has 0 N–H and O–H groups in total. The Kier molecular flexibility index (Phi) is 5.93. The molecule has 0 spiro atoms. The maximum Gasteiger partial charge on any atom is 0.410 e. The standard InChI is InChI=1S/C18H30N2O5/c1-16(2,3)24-15(22)20(8)18(6,7)13-10-12(25-19-13)11-17(4,5)14(21)23-9/h10H,11H2,1-9H3. The van der Waals surface area contributed by atoms with E-state index in [4.69, 9.17) is 14.0 Å². The summed E-state index contributed by atoms with van der Waals surface area (Å²) in [7, 11) is 3.01. The van der Waals surface area contributed by atoms with Crippen molar-refractivity contribution in [3.63, 3.8) is 0 Å². The van der Waals surface area contributed by atoms with E-state index in [0.29, 0.717) is 17.9 Å². The van der Waals surface area contributed by atoms with Crippen LogP contribution in [0.5, 0.6) is 0 Å². The molecule has 0 aliphatic carbocycles. The number of amides is 1. The summed E-state index contributed by atoms with van der Waals surface area (Å²) in [6.07, 6.45) is -0.101. The van der Waals surface area contributed by atoms with Crippen molar-refractivity contribution >= 4 is 12.1 Å². The first-order valence-corrected chi connectivity index (χ1v) is 8.22. The van der Waals surface area contributed by atoms with E-state index in [1.165, 1.54) is 12.0 Å². The Morgan fingerprint density at radius 3 is 2.20 bits per heavy atom. The lowest BCUT2D eigenvalue weighted by atomic mass is 9.88. The predicted octanol–water partition coefficient (Wildman–Crippen LogP) is 3.52. The summed E-state index contributed by atoms with van der Waals surface area (Å²) in [6, 6.07) is 1.76. The first-order chi connectivity index (χ1) is 11.2. The van der Waals surface area contributed by atoms with Gasteiger partial charge in [0.25, 0.3) is 0 Å². The second-order valence-electron chi connectivity index (χ2n) is 8.33. The van der Waals surface area contributed by atoms with Gasteiger partial charge in [-0.2, -0.15) is 0 Å². The molecule has 0 bridgehead atoms. The fourth-order valence-corrected chi connectivity index (χ4v) is 2.20. The van der Waals surface area contributed by atoms with E-state index in [-0.39, 0.29) is 5.97 Å². The molecule has 1 rings (SSSR count). The molecule has 0 saturated carbocycles. The van der Waals surface area contributed by atoms with E-state index >= 15 is 0 Å². The minimum atomic E-state index is -0.737. The molecule has 0 aromatic carbocycles. The fraction of sp³-hybridized carbons (Fsp3) is 0.722. The third kappa shape index (κ3) is 5.21. The SMILES string of the molecule is COC(=O)C(C)(C)Cc1cc(C(C)(C)N(C)C(=O)OC(C)(C)C)no1. The summed E-state index contributed by atoms with van der Waals surface area (Å²) in [6.45, 7) is 12.7. The Morgan fingerprint density at radius 1 is 1.16 bits per heavy atom. The van der Waals surface area contributed by atoms with E-state index in [1.54, 1.807) is 27.0 Å². The van der Waals surface area contributed by atoms with Crippen LogP contribution in [0.4, 0.5) is 4.79 Å². The van der Waals surface area contributed by atoms with Gasteiger partial charge in [-0.05, 0) is 48.5 Å². The van der Waals surface area contributed by atoms with Crippen LogP contribution in [0.2, 0.25) is 0 Å². The summed E-state index contributed by atoms with van der Waals surface area (Å²) in [5.41, 5.74) is -1.47. The highest BCUT2D eigenvalue weighted by Crippen LogP contribution is 2.30. The van der Waals surface area contributed by atoms with Gasteiger partial charge in [0.1, 0.15) is 17.1 Å². The molecule has 0 aliphatic rings. The molecule has 25 heavy (non-hydrogen) atoms. The molecule has 1 aromatic rings. The summed E-state index contributed by atoms with van der Waals surface area (Å²) in [4.78, 5) is 25.6. The van der Waals surface area contributed by atoms with Crippen molar-refractivity contribution < 1.29 is 23.6 Å². The Balaban J connectivity index is 2.96. The number of nitrogens with zero attached hydrogens (tertiary/aromatic N) is 2. The Hall–Kier alpha value is -2.05. The van der Waals surface area contributed by atoms with Gasteiger partial charge in [0.15, 0.2) is 0 Å². The van der Waals surface area contributed by atoms with Gasteiger partial charge >= 0.3 is 12.1 Å². The lowest BCUT2D eigenvalue weighted by Gasteiger charge is -2.35. The molecule has 142 valence electrons. The third-order valence-electron chi connectivity index (χ3n) is 4.05. The summed E-state index contributed by atoms with van der Waals surface area (Å²) in [5.74, 6) is 0.228.